The van der Waals surface area contributed by atoms with Gasteiger partial charge in [-0.3, -0.25) is 4.84 Å². The molecule has 0 aliphatic heterocycles. The molecule has 1 aliphatic carbocycles. The third-order valence-corrected chi connectivity index (χ3v) is 4.50. The number of nitrogens with zero attached hydrogens (tertiary/aromatic N) is 1. The Bertz CT molecular complexity index is 604. The summed E-state index contributed by atoms with van der Waals surface area (Å²) in [6, 6.07) is 5.80. The second-order valence-corrected chi connectivity index (χ2v) is 6.42. The average Bonchev–Trinajstić information content (AvgIpc) is 2.89. The van der Waals surface area contributed by atoms with E-state index >= 15 is 0 Å². The van der Waals surface area contributed by atoms with Crippen molar-refractivity contribution in [3.63, 3.8) is 0 Å². The van der Waals surface area contributed by atoms with E-state index in [1.165, 1.54) is 18.2 Å². The standard InChI is InChI=1S/C12H13ClN2O3S/c13-12-7-11(6-5-9(12)8-14)19(16,17)15-18-10-3-1-2-4-10/h5-7,10,15H,1-4H2. The maximum absolute atomic E-state index is 12.0. The van der Waals surface area contributed by atoms with Crippen molar-refractivity contribution in [1.82, 2.24) is 4.89 Å². The van der Waals surface area contributed by atoms with Gasteiger partial charge >= 0.3 is 0 Å². The molecule has 0 unspecified atom stereocenters. The van der Waals surface area contributed by atoms with Gasteiger partial charge in [-0.1, -0.05) is 29.3 Å². The molecule has 0 spiro atoms. The molecule has 1 saturated carbocycles. The quantitative estimate of drug-likeness (QED) is 0.866. The van der Waals surface area contributed by atoms with Gasteiger partial charge in [-0.05, 0) is 31.0 Å². The van der Waals surface area contributed by atoms with E-state index in [2.05, 4.69) is 4.89 Å². The van der Waals surface area contributed by atoms with Crippen molar-refractivity contribution in [2.75, 3.05) is 0 Å². The van der Waals surface area contributed by atoms with Crippen molar-refractivity contribution >= 4 is 21.6 Å². The molecular weight excluding hydrogens is 288 g/mol. The molecule has 5 nitrogen and oxygen atoms in total. The Morgan fingerprint density at radius 2 is 2.05 bits per heavy atom. The second-order valence-electron chi connectivity index (χ2n) is 4.36. The first-order valence-electron chi connectivity index (χ1n) is 5.90. The van der Waals surface area contributed by atoms with Gasteiger partial charge in [0, 0.05) is 0 Å². The minimum Gasteiger partial charge on any atom is -0.284 e. The highest BCUT2D eigenvalue weighted by Crippen LogP contribution is 2.22. The third-order valence-electron chi connectivity index (χ3n) is 3.00. The molecule has 0 atom stereocenters. The van der Waals surface area contributed by atoms with Crippen LogP contribution >= 0.6 is 11.6 Å². The van der Waals surface area contributed by atoms with Crippen molar-refractivity contribution < 1.29 is 13.3 Å². The highest BCUT2D eigenvalue weighted by Gasteiger charge is 2.21. The summed E-state index contributed by atoms with van der Waals surface area (Å²) in [5.41, 5.74) is 0.234. The zero-order valence-electron chi connectivity index (χ0n) is 10.1. The number of nitrogens with one attached hydrogen (secondary N) is 1. The molecule has 0 heterocycles. The van der Waals surface area contributed by atoms with Crippen LogP contribution in [0.1, 0.15) is 31.2 Å². The number of hydrogen-bond donors (Lipinski definition) is 1. The van der Waals surface area contributed by atoms with Crippen LogP contribution < -0.4 is 4.89 Å². The van der Waals surface area contributed by atoms with Gasteiger partial charge in [0.1, 0.15) is 6.07 Å². The van der Waals surface area contributed by atoms with Crippen LogP contribution in [-0.2, 0) is 14.9 Å². The van der Waals surface area contributed by atoms with Gasteiger partial charge in [-0.25, -0.2) is 8.42 Å². The minimum atomic E-state index is -3.76. The zero-order valence-corrected chi connectivity index (χ0v) is 11.7. The summed E-state index contributed by atoms with van der Waals surface area (Å²) < 4.78 is 23.9. The Labute approximate surface area is 117 Å². The zero-order chi connectivity index (χ0) is 13.9. The number of halogens is 1. The van der Waals surface area contributed by atoms with Gasteiger partial charge in [0.15, 0.2) is 0 Å². The molecule has 1 aromatic carbocycles. The summed E-state index contributed by atoms with van der Waals surface area (Å²) >= 11 is 5.81. The first kappa shape index (κ1) is 14.3. The molecule has 0 aromatic heterocycles. The van der Waals surface area contributed by atoms with Crippen molar-refractivity contribution in [2.24, 2.45) is 0 Å². The lowest BCUT2D eigenvalue weighted by Gasteiger charge is -2.12. The lowest BCUT2D eigenvalue weighted by atomic mass is 10.2. The maximum atomic E-state index is 12.0. The van der Waals surface area contributed by atoms with E-state index in [-0.39, 0.29) is 21.6 Å². The van der Waals surface area contributed by atoms with Crippen LogP contribution in [0.5, 0.6) is 0 Å². The van der Waals surface area contributed by atoms with Gasteiger partial charge in [0.25, 0.3) is 10.0 Å². The molecule has 1 fully saturated rings. The van der Waals surface area contributed by atoms with Crippen LogP contribution in [0.25, 0.3) is 0 Å². The molecule has 2 rings (SSSR count). The fourth-order valence-corrected chi connectivity index (χ4v) is 3.11. The summed E-state index contributed by atoms with van der Waals surface area (Å²) in [5.74, 6) is 0. The van der Waals surface area contributed by atoms with E-state index in [0.717, 1.165) is 25.7 Å². The highest BCUT2D eigenvalue weighted by molar-refractivity contribution is 7.89. The van der Waals surface area contributed by atoms with Gasteiger partial charge < -0.3 is 0 Å². The highest BCUT2D eigenvalue weighted by atomic mass is 35.5. The van der Waals surface area contributed by atoms with Crippen LogP contribution in [0.4, 0.5) is 0 Å². The molecule has 0 amide bonds. The molecule has 1 aliphatic rings. The van der Waals surface area contributed by atoms with E-state index in [0.29, 0.717) is 0 Å². The van der Waals surface area contributed by atoms with Crippen molar-refractivity contribution in [2.45, 2.75) is 36.7 Å². The van der Waals surface area contributed by atoms with E-state index in [9.17, 15) is 8.42 Å². The number of benzene rings is 1. The van der Waals surface area contributed by atoms with Gasteiger partial charge in [0.2, 0.25) is 0 Å². The normalized spacial score (nSPS) is 16.4. The number of nitriles is 1. The first-order chi connectivity index (χ1) is 9.03. The molecular formula is C12H13ClN2O3S. The van der Waals surface area contributed by atoms with Crippen molar-refractivity contribution in [3.8, 4) is 6.07 Å². The summed E-state index contributed by atoms with van der Waals surface area (Å²) in [5, 5.41) is 8.84. The average molecular weight is 301 g/mol. The summed E-state index contributed by atoms with van der Waals surface area (Å²) in [4.78, 5) is 7.27. The minimum absolute atomic E-state index is 0.0190. The van der Waals surface area contributed by atoms with Crippen LogP contribution in [0.2, 0.25) is 5.02 Å². The number of sulfonamides is 1. The first-order valence-corrected chi connectivity index (χ1v) is 7.76. The SMILES string of the molecule is N#Cc1ccc(S(=O)(=O)NOC2CCCC2)cc1Cl. The molecule has 0 bridgehead atoms. The largest absolute Gasteiger partial charge is 0.284 e. The molecule has 102 valence electrons. The summed E-state index contributed by atoms with van der Waals surface area (Å²) in [6.45, 7) is 0. The Hall–Kier alpha value is -1.13. The predicted molar refractivity (Wildman–Crippen MR) is 69.8 cm³/mol. The molecule has 0 saturated heterocycles. The topological polar surface area (TPSA) is 79.2 Å². The van der Waals surface area contributed by atoms with E-state index in [4.69, 9.17) is 21.7 Å². The molecule has 1 N–H and O–H groups in total. The lowest BCUT2D eigenvalue weighted by molar-refractivity contribution is 0.0223. The predicted octanol–water partition coefficient (Wildman–Crippen LogP) is 2.36. The fourth-order valence-electron chi connectivity index (χ4n) is 1.94. The third kappa shape index (κ3) is 3.45. The summed E-state index contributed by atoms with van der Waals surface area (Å²) in [7, 11) is -3.76. The lowest BCUT2D eigenvalue weighted by Crippen LogP contribution is -2.28. The Balaban J connectivity index is 2.10. The molecule has 1 aromatic rings. The Morgan fingerprint density at radius 1 is 1.37 bits per heavy atom. The van der Waals surface area contributed by atoms with Gasteiger partial charge in [-0.2, -0.15) is 5.26 Å². The second kappa shape index (κ2) is 5.88. The fraction of sp³-hybridized carbons (Fsp3) is 0.417. The van der Waals surface area contributed by atoms with Crippen LogP contribution in [0, 0.1) is 11.3 Å². The summed E-state index contributed by atoms with van der Waals surface area (Å²) in [6.07, 6.45) is 3.75. The Kier molecular flexibility index (Phi) is 4.42. The monoisotopic (exact) mass is 300 g/mol. The van der Waals surface area contributed by atoms with Crippen LogP contribution in [0.3, 0.4) is 0 Å². The van der Waals surface area contributed by atoms with Crippen LogP contribution in [0.15, 0.2) is 23.1 Å². The van der Waals surface area contributed by atoms with Crippen molar-refractivity contribution in [3.05, 3.63) is 28.8 Å². The smallest absolute Gasteiger partial charge is 0.262 e. The van der Waals surface area contributed by atoms with Gasteiger partial charge in [-0.15, -0.1) is 0 Å². The maximum Gasteiger partial charge on any atom is 0.262 e. The van der Waals surface area contributed by atoms with E-state index in [1.807, 2.05) is 6.07 Å². The molecule has 19 heavy (non-hydrogen) atoms. The number of hydrogen-bond acceptors (Lipinski definition) is 4. The van der Waals surface area contributed by atoms with E-state index in [1.54, 1.807) is 0 Å². The van der Waals surface area contributed by atoms with Crippen LogP contribution in [-0.4, -0.2) is 14.5 Å². The Morgan fingerprint density at radius 3 is 2.63 bits per heavy atom. The number of rotatable bonds is 4. The van der Waals surface area contributed by atoms with Crippen molar-refractivity contribution in [1.29, 1.82) is 5.26 Å². The molecule has 7 heteroatoms. The molecule has 0 radical (unpaired) electrons. The van der Waals surface area contributed by atoms with Gasteiger partial charge in [0.05, 0.1) is 21.6 Å². The van der Waals surface area contributed by atoms with E-state index < -0.39 is 10.0 Å².